The molecular formula is C15H22FN3. The number of piperidine rings is 2. The van der Waals surface area contributed by atoms with E-state index in [4.69, 9.17) is 0 Å². The molecule has 0 radical (unpaired) electrons. The van der Waals surface area contributed by atoms with Gasteiger partial charge in [-0.2, -0.15) is 0 Å². The minimum absolute atomic E-state index is 0.100. The van der Waals surface area contributed by atoms with Gasteiger partial charge in [-0.25, -0.2) is 4.39 Å². The number of nitrogens with zero attached hydrogens (tertiary/aromatic N) is 2. The van der Waals surface area contributed by atoms with Crippen molar-refractivity contribution in [2.45, 2.75) is 6.04 Å². The molecule has 4 heteroatoms. The van der Waals surface area contributed by atoms with E-state index in [1.54, 1.807) is 12.1 Å². The molecule has 3 nitrogen and oxygen atoms in total. The smallest absolute Gasteiger partial charge is 0.146 e. The lowest BCUT2D eigenvalue weighted by atomic mass is 9.79. The summed E-state index contributed by atoms with van der Waals surface area (Å²) in [6.45, 7) is 3.94. The van der Waals surface area contributed by atoms with Gasteiger partial charge in [-0.1, -0.05) is 12.1 Å². The third-order valence-corrected chi connectivity index (χ3v) is 4.48. The van der Waals surface area contributed by atoms with E-state index in [-0.39, 0.29) is 5.82 Å². The zero-order valence-electron chi connectivity index (χ0n) is 11.6. The Labute approximate surface area is 114 Å². The van der Waals surface area contributed by atoms with E-state index in [0.29, 0.717) is 17.9 Å². The second-order valence-electron chi connectivity index (χ2n) is 5.99. The number of hydrogen-bond acceptors (Lipinski definition) is 3. The van der Waals surface area contributed by atoms with E-state index in [1.165, 1.54) is 0 Å². The van der Waals surface area contributed by atoms with Crippen LogP contribution >= 0.6 is 0 Å². The maximum atomic E-state index is 13.9. The van der Waals surface area contributed by atoms with E-state index in [9.17, 15) is 4.39 Å². The van der Waals surface area contributed by atoms with Crippen molar-refractivity contribution in [2.24, 2.45) is 11.8 Å². The summed E-state index contributed by atoms with van der Waals surface area (Å²) in [5, 5.41) is 3.51. The van der Waals surface area contributed by atoms with Crippen LogP contribution in [0.4, 0.5) is 10.1 Å². The van der Waals surface area contributed by atoms with Crippen molar-refractivity contribution in [3.63, 3.8) is 0 Å². The fourth-order valence-corrected chi connectivity index (χ4v) is 3.81. The molecule has 3 rings (SSSR count). The zero-order chi connectivity index (χ0) is 13.4. The fraction of sp³-hybridized carbons (Fsp3) is 0.600. The fourth-order valence-electron chi connectivity index (χ4n) is 3.81. The molecule has 0 amide bonds. The van der Waals surface area contributed by atoms with Crippen molar-refractivity contribution in [2.75, 3.05) is 45.2 Å². The Morgan fingerprint density at radius 1 is 1.16 bits per heavy atom. The summed E-state index contributed by atoms with van der Waals surface area (Å²) in [4.78, 5) is 4.57. The number of hydrogen-bond donors (Lipinski definition) is 1. The van der Waals surface area contributed by atoms with Gasteiger partial charge in [0.15, 0.2) is 0 Å². The van der Waals surface area contributed by atoms with E-state index >= 15 is 0 Å². The predicted molar refractivity (Wildman–Crippen MR) is 75.9 cm³/mol. The van der Waals surface area contributed by atoms with Crippen LogP contribution < -0.4 is 10.2 Å². The van der Waals surface area contributed by atoms with Crippen LogP contribution in [0.2, 0.25) is 0 Å². The summed E-state index contributed by atoms with van der Waals surface area (Å²) < 4.78 is 13.9. The molecule has 0 spiro atoms. The summed E-state index contributed by atoms with van der Waals surface area (Å²) in [5.41, 5.74) is 0.761. The van der Waals surface area contributed by atoms with E-state index in [1.807, 2.05) is 12.1 Å². The summed E-state index contributed by atoms with van der Waals surface area (Å²) in [6, 6.07) is 7.75. The average Bonchev–Trinajstić information content (AvgIpc) is 2.37. The molecule has 19 heavy (non-hydrogen) atoms. The maximum absolute atomic E-state index is 13.9. The lowest BCUT2D eigenvalue weighted by Crippen LogP contribution is -2.63. The lowest BCUT2D eigenvalue weighted by molar-refractivity contribution is 0.0893. The third-order valence-electron chi connectivity index (χ3n) is 4.48. The second-order valence-corrected chi connectivity index (χ2v) is 5.99. The van der Waals surface area contributed by atoms with Crippen LogP contribution in [0.5, 0.6) is 0 Å². The van der Waals surface area contributed by atoms with Gasteiger partial charge in [0.05, 0.1) is 5.69 Å². The van der Waals surface area contributed by atoms with Crippen molar-refractivity contribution in [1.29, 1.82) is 0 Å². The molecule has 2 aliphatic rings. The number of fused-ring (bicyclic) bond motifs is 2. The first-order chi connectivity index (χ1) is 9.16. The van der Waals surface area contributed by atoms with Gasteiger partial charge in [0.25, 0.3) is 0 Å². The highest BCUT2D eigenvalue weighted by atomic mass is 19.1. The SMILES string of the molecule is CN(C)C1C2CNCC1CN(c1ccccc1F)C2. The highest BCUT2D eigenvalue weighted by molar-refractivity contribution is 5.48. The average molecular weight is 263 g/mol. The van der Waals surface area contributed by atoms with Gasteiger partial charge < -0.3 is 15.1 Å². The summed E-state index contributed by atoms with van der Waals surface area (Å²) in [5.74, 6) is 1.04. The van der Waals surface area contributed by atoms with E-state index in [0.717, 1.165) is 31.9 Å². The van der Waals surface area contributed by atoms with Crippen LogP contribution in [0.25, 0.3) is 0 Å². The Balaban J connectivity index is 1.84. The Morgan fingerprint density at radius 2 is 1.79 bits per heavy atom. The minimum Gasteiger partial charge on any atom is -0.368 e. The molecule has 1 aromatic carbocycles. The number of benzene rings is 1. The van der Waals surface area contributed by atoms with Crippen LogP contribution in [0.15, 0.2) is 24.3 Å². The summed E-state index contributed by atoms with van der Waals surface area (Å²) >= 11 is 0. The third kappa shape index (κ3) is 2.35. The Kier molecular flexibility index (Phi) is 3.46. The number of para-hydroxylation sites is 1. The van der Waals surface area contributed by atoms with E-state index in [2.05, 4.69) is 29.2 Å². The first kappa shape index (κ1) is 12.9. The van der Waals surface area contributed by atoms with Crippen molar-refractivity contribution < 1.29 is 4.39 Å². The standard InChI is InChI=1S/C15H22FN3/c1-18(2)15-11-7-17-8-12(15)10-19(9-11)14-6-4-3-5-13(14)16/h3-6,11-12,15,17H,7-10H2,1-2H3. The van der Waals surface area contributed by atoms with Crippen molar-refractivity contribution in [3.05, 3.63) is 30.1 Å². The van der Waals surface area contributed by atoms with Gasteiger partial charge in [0, 0.05) is 44.1 Å². The number of halogens is 1. The molecule has 0 saturated carbocycles. The van der Waals surface area contributed by atoms with Crippen molar-refractivity contribution >= 4 is 5.69 Å². The predicted octanol–water partition coefficient (Wildman–Crippen LogP) is 1.41. The first-order valence-corrected chi connectivity index (χ1v) is 7.03. The zero-order valence-corrected chi connectivity index (χ0v) is 11.6. The van der Waals surface area contributed by atoms with E-state index < -0.39 is 0 Å². The Hall–Kier alpha value is -1.13. The molecule has 0 aromatic heterocycles. The molecule has 104 valence electrons. The van der Waals surface area contributed by atoms with Gasteiger partial charge in [-0.05, 0) is 26.2 Å². The molecule has 2 unspecified atom stereocenters. The van der Waals surface area contributed by atoms with Crippen molar-refractivity contribution in [1.82, 2.24) is 10.2 Å². The monoisotopic (exact) mass is 263 g/mol. The molecule has 2 aliphatic heterocycles. The molecule has 2 saturated heterocycles. The lowest BCUT2D eigenvalue weighted by Gasteiger charge is -2.50. The van der Waals surface area contributed by atoms with Crippen molar-refractivity contribution in [3.8, 4) is 0 Å². The highest BCUT2D eigenvalue weighted by Crippen LogP contribution is 2.32. The first-order valence-electron chi connectivity index (χ1n) is 7.03. The molecular weight excluding hydrogens is 241 g/mol. The number of anilines is 1. The summed E-state index contributed by atoms with van der Waals surface area (Å²) in [7, 11) is 4.32. The molecule has 0 aliphatic carbocycles. The van der Waals surface area contributed by atoms with Gasteiger partial charge in [0.2, 0.25) is 0 Å². The largest absolute Gasteiger partial charge is 0.368 e. The molecule has 2 bridgehead atoms. The topological polar surface area (TPSA) is 18.5 Å². The van der Waals surface area contributed by atoms with Crippen LogP contribution in [-0.2, 0) is 0 Å². The Bertz CT molecular complexity index is 435. The van der Waals surface area contributed by atoms with Gasteiger partial charge in [0.1, 0.15) is 5.82 Å². The quantitative estimate of drug-likeness (QED) is 0.870. The van der Waals surface area contributed by atoms with Crippen LogP contribution in [0, 0.1) is 17.7 Å². The normalized spacial score (nSPS) is 30.7. The number of nitrogens with one attached hydrogen (secondary N) is 1. The minimum atomic E-state index is -0.100. The van der Waals surface area contributed by atoms with Gasteiger partial charge in [-0.3, -0.25) is 0 Å². The molecule has 2 atom stereocenters. The van der Waals surface area contributed by atoms with Crippen LogP contribution in [0.1, 0.15) is 0 Å². The van der Waals surface area contributed by atoms with Crippen LogP contribution in [0.3, 0.4) is 0 Å². The summed E-state index contributed by atoms with van der Waals surface area (Å²) in [6.07, 6.45) is 0. The highest BCUT2D eigenvalue weighted by Gasteiger charge is 2.40. The van der Waals surface area contributed by atoms with Crippen LogP contribution in [-0.4, -0.2) is 51.2 Å². The van der Waals surface area contributed by atoms with Gasteiger partial charge >= 0.3 is 0 Å². The molecule has 2 heterocycles. The second kappa shape index (κ2) is 5.10. The Morgan fingerprint density at radius 3 is 2.37 bits per heavy atom. The molecule has 2 fully saturated rings. The van der Waals surface area contributed by atoms with Gasteiger partial charge in [-0.15, -0.1) is 0 Å². The maximum Gasteiger partial charge on any atom is 0.146 e. The molecule has 1 N–H and O–H groups in total. The number of rotatable bonds is 2. The molecule has 1 aromatic rings.